The fourth-order valence-corrected chi connectivity index (χ4v) is 2.70. The summed E-state index contributed by atoms with van der Waals surface area (Å²) in [5.41, 5.74) is 0.907. The van der Waals surface area contributed by atoms with Gasteiger partial charge in [-0.25, -0.2) is 0 Å². The number of aliphatic carboxylic acids is 1. The number of hydrogen-bond donors (Lipinski definition) is 2. The molecule has 17 heavy (non-hydrogen) atoms. The highest BCUT2D eigenvalue weighted by Gasteiger charge is 2.43. The van der Waals surface area contributed by atoms with E-state index in [1.54, 1.807) is 18.5 Å². The summed E-state index contributed by atoms with van der Waals surface area (Å²) in [5.74, 6) is -0.793. The molecule has 0 amide bonds. The zero-order chi connectivity index (χ0) is 12.5. The van der Waals surface area contributed by atoms with Crippen LogP contribution < -0.4 is 0 Å². The first kappa shape index (κ1) is 12.0. The molecular weight excluding hydrogens is 218 g/mol. The van der Waals surface area contributed by atoms with Crippen molar-refractivity contribution < 1.29 is 15.0 Å². The van der Waals surface area contributed by atoms with Gasteiger partial charge in [-0.2, -0.15) is 0 Å². The fourth-order valence-electron chi connectivity index (χ4n) is 2.70. The number of aromatic nitrogens is 1. The van der Waals surface area contributed by atoms with Gasteiger partial charge in [-0.15, -0.1) is 0 Å². The summed E-state index contributed by atoms with van der Waals surface area (Å²) < 4.78 is 0. The highest BCUT2D eigenvalue weighted by Crippen LogP contribution is 2.40. The third-order valence-corrected chi connectivity index (χ3v) is 3.75. The molecule has 1 aromatic rings. The fraction of sp³-hybridized carbons (Fsp3) is 0.538. The predicted molar refractivity (Wildman–Crippen MR) is 62.8 cm³/mol. The van der Waals surface area contributed by atoms with E-state index in [9.17, 15) is 15.0 Å². The standard InChI is InChI=1S/C13H17NO3/c1-9-8-14-7-4-11(9)13(12(16)17)5-2-10(15)3-6-13/h4,7-8,10,15H,2-3,5-6H2,1H3,(H,16,17). The Hall–Kier alpha value is -1.42. The van der Waals surface area contributed by atoms with Crippen LogP contribution in [0.2, 0.25) is 0 Å². The lowest BCUT2D eigenvalue weighted by Crippen LogP contribution is -2.41. The number of hydrogen-bond acceptors (Lipinski definition) is 3. The number of aliphatic hydroxyl groups excluding tert-OH is 1. The SMILES string of the molecule is Cc1cnccc1C1(C(=O)O)CCC(O)CC1. The van der Waals surface area contributed by atoms with Crippen LogP contribution in [-0.2, 0) is 10.2 Å². The molecule has 0 aliphatic heterocycles. The third kappa shape index (κ3) is 2.05. The predicted octanol–water partition coefficient (Wildman–Crippen LogP) is 1.65. The van der Waals surface area contributed by atoms with Gasteiger partial charge in [0.2, 0.25) is 0 Å². The molecule has 0 aromatic carbocycles. The van der Waals surface area contributed by atoms with E-state index >= 15 is 0 Å². The van der Waals surface area contributed by atoms with Gasteiger partial charge in [0.1, 0.15) is 0 Å². The lowest BCUT2D eigenvalue weighted by molar-refractivity contribution is -0.146. The molecule has 0 unspecified atom stereocenters. The summed E-state index contributed by atoms with van der Waals surface area (Å²) in [4.78, 5) is 15.6. The van der Waals surface area contributed by atoms with Gasteiger partial charge in [0.05, 0.1) is 11.5 Å². The summed E-state index contributed by atoms with van der Waals surface area (Å²) in [6.07, 6.45) is 5.07. The Bertz CT molecular complexity index is 422. The maximum atomic E-state index is 11.6. The summed E-state index contributed by atoms with van der Waals surface area (Å²) in [7, 11) is 0. The van der Waals surface area contributed by atoms with Crippen molar-refractivity contribution in [2.45, 2.75) is 44.1 Å². The average molecular weight is 235 g/mol. The number of pyridine rings is 1. The topological polar surface area (TPSA) is 70.4 Å². The van der Waals surface area contributed by atoms with E-state index in [1.165, 1.54) is 0 Å². The molecule has 1 fully saturated rings. The van der Waals surface area contributed by atoms with E-state index < -0.39 is 11.4 Å². The van der Waals surface area contributed by atoms with Crippen molar-refractivity contribution in [3.05, 3.63) is 29.6 Å². The Morgan fingerprint density at radius 3 is 2.65 bits per heavy atom. The zero-order valence-corrected chi connectivity index (χ0v) is 9.89. The van der Waals surface area contributed by atoms with Crippen molar-refractivity contribution >= 4 is 5.97 Å². The van der Waals surface area contributed by atoms with Crippen molar-refractivity contribution in [2.75, 3.05) is 0 Å². The molecule has 1 heterocycles. The van der Waals surface area contributed by atoms with Crippen molar-refractivity contribution in [3.63, 3.8) is 0 Å². The number of rotatable bonds is 2. The largest absolute Gasteiger partial charge is 0.481 e. The maximum Gasteiger partial charge on any atom is 0.314 e. The van der Waals surface area contributed by atoms with E-state index in [0.717, 1.165) is 11.1 Å². The van der Waals surface area contributed by atoms with Gasteiger partial charge in [0, 0.05) is 12.4 Å². The van der Waals surface area contributed by atoms with Crippen molar-refractivity contribution in [1.29, 1.82) is 0 Å². The van der Waals surface area contributed by atoms with Crippen LogP contribution in [0, 0.1) is 6.92 Å². The van der Waals surface area contributed by atoms with E-state index in [1.807, 2.05) is 6.92 Å². The summed E-state index contributed by atoms with van der Waals surface area (Å²) in [6.45, 7) is 1.89. The Kier molecular flexibility index (Phi) is 3.15. The van der Waals surface area contributed by atoms with Crippen LogP contribution in [0.4, 0.5) is 0 Å². The van der Waals surface area contributed by atoms with E-state index in [2.05, 4.69) is 4.98 Å². The van der Waals surface area contributed by atoms with Crippen LogP contribution in [0.25, 0.3) is 0 Å². The molecule has 4 nitrogen and oxygen atoms in total. The van der Waals surface area contributed by atoms with Crippen LogP contribution in [0.15, 0.2) is 18.5 Å². The second-order valence-corrected chi connectivity index (χ2v) is 4.81. The minimum absolute atomic E-state index is 0.357. The number of aliphatic hydroxyl groups is 1. The molecule has 1 aromatic heterocycles. The van der Waals surface area contributed by atoms with Crippen LogP contribution in [0.1, 0.15) is 36.8 Å². The molecule has 92 valence electrons. The highest BCUT2D eigenvalue weighted by atomic mass is 16.4. The number of nitrogens with zero attached hydrogens (tertiary/aromatic N) is 1. The minimum Gasteiger partial charge on any atom is -0.481 e. The van der Waals surface area contributed by atoms with Crippen LogP contribution in [0.5, 0.6) is 0 Å². The quantitative estimate of drug-likeness (QED) is 0.817. The minimum atomic E-state index is -0.841. The molecule has 0 spiro atoms. The number of carbonyl (C=O) groups is 1. The van der Waals surface area contributed by atoms with Gasteiger partial charge in [-0.1, -0.05) is 0 Å². The first-order valence-corrected chi connectivity index (χ1v) is 5.89. The van der Waals surface area contributed by atoms with Crippen molar-refractivity contribution in [3.8, 4) is 0 Å². The Balaban J connectivity index is 2.42. The Labute approximate surface area is 100 Å². The summed E-state index contributed by atoms with van der Waals surface area (Å²) in [6, 6.07) is 1.79. The van der Waals surface area contributed by atoms with Gasteiger partial charge in [-0.3, -0.25) is 9.78 Å². The molecule has 0 radical (unpaired) electrons. The molecule has 0 bridgehead atoms. The molecule has 2 N–H and O–H groups in total. The van der Waals surface area contributed by atoms with Crippen LogP contribution >= 0.6 is 0 Å². The van der Waals surface area contributed by atoms with Crippen molar-refractivity contribution in [2.24, 2.45) is 0 Å². The molecule has 1 aliphatic carbocycles. The Morgan fingerprint density at radius 1 is 1.47 bits per heavy atom. The molecule has 0 atom stereocenters. The highest BCUT2D eigenvalue weighted by molar-refractivity contribution is 5.82. The van der Waals surface area contributed by atoms with Crippen LogP contribution in [0.3, 0.4) is 0 Å². The summed E-state index contributed by atoms with van der Waals surface area (Å²) in [5, 5.41) is 19.1. The molecular formula is C13H17NO3. The second-order valence-electron chi connectivity index (χ2n) is 4.81. The third-order valence-electron chi connectivity index (χ3n) is 3.75. The van der Waals surface area contributed by atoms with Crippen molar-refractivity contribution in [1.82, 2.24) is 4.98 Å². The summed E-state index contributed by atoms with van der Waals surface area (Å²) >= 11 is 0. The lowest BCUT2D eigenvalue weighted by Gasteiger charge is -2.36. The molecule has 1 saturated carbocycles. The molecule has 0 saturated heterocycles. The van der Waals surface area contributed by atoms with E-state index in [4.69, 9.17) is 0 Å². The number of carboxylic acid groups (broad SMARTS) is 1. The molecule has 2 rings (SSSR count). The van der Waals surface area contributed by atoms with Gasteiger partial charge >= 0.3 is 5.97 Å². The van der Waals surface area contributed by atoms with Gasteiger partial charge in [-0.05, 0) is 49.8 Å². The zero-order valence-electron chi connectivity index (χ0n) is 9.89. The van der Waals surface area contributed by atoms with Crippen LogP contribution in [-0.4, -0.2) is 27.3 Å². The van der Waals surface area contributed by atoms with Gasteiger partial charge in [0.15, 0.2) is 0 Å². The Morgan fingerprint density at radius 2 is 2.12 bits per heavy atom. The smallest absolute Gasteiger partial charge is 0.314 e. The van der Waals surface area contributed by atoms with E-state index in [-0.39, 0.29) is 6.10 Å². The molecule has 4 heteroatoms. The maximum absolute atomic E-state index is 11.6. The number of aryl methyl sites for hydroxylation is 1. The lowest BCUT2D eigenvalue weighted by atomic mass is 9.68. The van der Waals surface area contributed by atoms with Gasteiger partial charge < -0.3 is 10.2 Å². The first-order chi connectivity index (χ1) is 8.06. The number of carboxylic acids is 1. The average Bonchev–Trinajstić information content (AvgIpc) is 2.31. The van der Waals surface area contributed by atoms with E-state index in [0.29, 0.717) is 25.7 Å². The monoisotopic (exact) mass is 235 g/mol. The second kappa shape index (κ2) is 4.45. The van der Waals surface area contributed by atoms with Gasteiger partial charge in [0.25, 0.3) is 0 Å². The molecule has 1 aliphatic rings. The normalized spacial score (nSPS) is 28.9. The first-order valence-electron chi connectivity index (χ1n) is 5.89.